The number of alkyl halides is 3. The summed E-state index contributed by atoms with van der Waals surface area (Å²) in [6, 6.07) is 10.7. The highest BCUT2D eigenvalue weighted by Gasteiger charge is 2.32. The number of rotatable bonds is 7. The fraction of sp³-hybridized carbons (Fsp3) is 0.333. The van der Waals surface area contributed by atoms with Gasteiger partial charge in [0.05, 0.1) is 16.7 Å². The number of hydrogen-bond donors (Lipinski definition) is 1. The lowest BCUT2D eigenvalue weighted by atomic mass is 10.2. The third-order valence-electron chi connectivity index (χ3n) is 3.98. The topological polar surface area (TPSA) is 53.7 Å². The van der Waals surface area contributed by atoms with Crippen molar-refractivity contribution in [2.45, 2.75) is 24.0 Å². The third kappa shape index (κ3) is 5.16. The van der Waals surface area contributed by atoms with Gasteiger partial charge in [0.25, 0.3) is 0 Å². The van der Waals surface area contributed by atoms with Crippen molar-refractivity contribution in [3.05, 3.63) is 58.7 Å². The Bertz CT molecular complexity index is 936. The van der Waals surface area contributed by atoms with Crippen LogP contribution >= 0.6 is 23.4 Å². The van der Waals surface area contributed by atoms with E-state index in [1.165, 1.54) is 4.40 Å². The first-order valence-electron chi connectivity index (χ1n) is 8.39. The van der Waals surface area contributed by atoms with Gasteiger partial charge in [-0.05, 0) is 18.7 Å². The number of halogens is 4. The van der Waals surface area contributed by atoms with E-state index in [9.17, 15) is 18.3 Å². The Morgan fingerprint density at radius 3 is 2.64 bits per heavy atom. The van der Waals surface area contributed by atoms with Crippen molar-refractivity contribution in [1.29, 1.82) is 0 Å². The van der Waals surface area contributed by atoms with E-state index in [1.54, 1.807) is 0 Å². The second kappa shape index (κ2) is 8.69. The van der Waals surface area contributed by atoms with Crippen LogP contribution in [0, 0.1) is 0 Å². The molecular weight excluding hydrogens is 413 g/mol. The highest BCUT2D eigenvalue weighted by molar-refractivity contribution is 7.99. The van der Waals surface area contributed by atoms with Gasteiger partial charge in [0.2, 0.25) is 0 Å². The number of aromatic nitrogens is 3. The van der Waals surface area contributed by atoms with Crippen LogP contribution in [0.5, 0.6) is 0 Å². The Labute approximate surface area is 169 Å². The first kappa shape index (κ1) is 20.9. The predicted octanol–water partition coefficient (Wildman–Crippen LogP) is 3.99. The van der Waals surface area contributed by atoms with Gasteiger partial charge in [0, 0.05) is 25.0 Å². The third-order valence-corrected chi connectivity index (χ3v) is 5.34. The fourth-order valence-corrected chi connectivity index (χ4v) is 3.80. The number of nitrogens with zero attached hydrogens (tertiary/aromatic N) is 4. The number of benzene rings is 1. The van der Waals surface area contributed by atoms with Gasteiger partial charge in [-0.2, -0.15) is 13.2 Å². The molecule has 2 aromatic heterocycles. The molecule has 0 aliphatic carbocycles. The van der Waals surface area contributed by atoms with Gasteiger partial charge in [-0.15, -0.1) is 10.2 Å². The minimum atomic E-state index is -4.52. The molecule has 1 N–H and O–H groups in total. The first-order valence-corrected chi connectivity index (χ1v) is 9.75. The summed E-state index contributed by atoms with van der Waals surface area (Å²) in [6.45, 7) is 1.09. The summed E-state index contributed by atoms with van der Waals surface area (Å²) in [6.07, 6.45) is -4.30. The smallest absolute Gasteiger partial charge is 0.391 e. The summed E-state index contributed by atoms with van der Waals surface area (Å²) >= 11 is 7.03. The maximum absolute atomic E-state index is 13.0. The SMILES string of the molecule is CN(Cc1ccccc1)CC(O)CSc1nnc2c(Cl)cc(C(F)(F)F)cn12. The zero-order chi connectivity index (χ0) is 20.3. The highest BCUT2D eigenvalue weighted by Crippen LogP contribution is 2.33. The highest BCUT2D eigenvalue weighted by atomic mass is 35.5. The van der Waals surface area contributed by atoms with Crippen molar-refractivity contribution in [3.63, 3.8) is 0 Å². The molecule has 0 bridgehead atoms. The minimum absolute atomic E-state index is 0.127. The summed E-state index contributed by atoms with van der Waals surface area (Å²) in [4.78, 5) is 1.97. The molecule has 3 rings (SSSR count). The molecule has 3 aromatic rings. The zero-order valence-electron chi connectivity index (χ0n) is 14.9. The molecule has 0 aliphatic rings. The summed E-state index contributed by atoms with van der Waals surface area (Å²) < 4.78 is 40.2. The van der Waals surface area contributed by atoms with Crippen molar-refractivity contribution in [1.82, 2.24) is 19.5 Å². The lowest BCUT2D eigenvalue weighted by molar-refractivity contribution is -0.137. The largest absolute Gasteiger partial charge is 0.417 e. The Morgan fingerprint density at radius 2 is 1.96 bits per heavy atom. The standard InChI is InChI=1S/C18H18ClF3N4OS/c1-25(8-12-5-3-2-4-6-12)10-14(27)11-28-17-24-23-16-15(19)7-13(9-26(16)17)18(20,21)22/h2-7,9,14,27H,8,10-11H2,1H3. The van der Waals surface area contributed by atoms with Gasteiger partial charge in [0.1, 0.15) is 0 Å². The second-order valence-corrected chi connectivity index (χ2v) is 7.79. The molecule has 1 atom stereocenters. The van der Waals surface area contributed by atoms with Crippen LogP contribution in [0.3, 0.4) is 0 Å². The van der Waals surface area contributed by atoms with Gasteiger partial charge in [-0.25, -0.2) is 0 Å². The van der Waals surface area contributed by atoms with Crippen molar-refractivity contribution in [3.8, 4) is 0 Å². The van der Waals surface area contributed by atoms with E-state index in [0.29, 0.717) is 13.1 Å². The molecule has 0 fully saturated rings. The van der Waals surface area contributed by atoms with Crippen LogP contribution in [0.1, 0.15) is 11.1 Å². The molecule has 0 saturated carbocycles. The number of fused-ring (bicyclic) bond motifs is 1. The van der Waals surface area contributed by atoms with Crippen LogP contribution in [-0.4, -0.2) is 50.1 Å². The van der Waals surface area contributed by atoms with E-state index in [0.717, 1.165) is 29.6 Å². The Kier molecular flexibility index (Phi) is 6.49. The monoisotopic (exact) mass is 430 g/mol. The van der Waals surface area contributed by atoms with Crippen LogP contribution in [0.2, 0.25) is 5.02 Å². The van der Waals surface area contributed by atoms with Gasteiger partial charge in [0.15, 0.2) is 10.8 Å². The quantitative estimate of drug-likeness (QED) is 0.574. The van der Waals surface area contributed by atoms with Gasteiger partial charge in [-0.3, -0.25) is 9.30 Å². The van der Waals surface area contributed by atoms with Crippen molar-refractivity contribution >= 4 is 29.0 Å². The number of thioether (sulfide) groups is 1. The number of pyridine rings is 1. The Hall–Kier alpha value is -1.81. The predicted molar refractivity (Wildman–Crippen MR) is 103 cm³/mol. The molecule has 0 aliphatic heterocycles. The second-order valence-electron chi connectivity index (χ2n) is 6.40. The molecule has 28 heavy (non-hydrogen) atoms. The average molecular weight is 431 g/mol. The van der Waals surface area contributed by atoms with Crippen LogP contribution in [0.25, 0.3) is 5.65 Å². The number of hydrogen-bond acceptors (Lipinski definition) is 5. The number of aliphatic hydroxyl groups is 1. The van der Waals surface area contributed by atoms with Crippen LogP contribution < -0.4 is 0 Å². The Balaban J connectivity index is 1.64. The fourth-order valence-electron chi connectivity index (χ4n) is 2.73. The molecule has 1 aromatic carbocycles. The zero-order valence-corrected chi connectivity index (χ0v) is 16.5. The molecule has 0 spiro atoms. The molecule has 0 saturated heterocycles. The molecule has 150 valence electrons. The van der Waals surface area contributed by atoms with E-state index in [4.69, 9.17) is 11.6 Å². The lowest BCUT2D eigenvalue weighted by Crippen LogP contribution is -2.30. The van der Waals surface area contributed by atoms with Crippen molar-refractivity contribution in [2.75, 3.05) is 19.3 Å². The maximum Gasteiger partial charge on any atom is 0.417 e. The lowest BCUT2D eigenvalue weighted by Gasteiger charge is -2.20. The van der Waals surface area contributed by atoms with Gasteiger partial charge in [-0.1, -0.05) is 53.7 Å². The van der Waals surface area contributed by atoms with Gasteiger partial charge < -0.3 is 5.11 Å². The first-order chi connectivity index (χ1) is 13.2. The molecule has 5 nitrogen and oxygen atoms in total. The number of aliphatic hydroxyl groups excluding tert-OH is 1. The molecular formula is C18H18ClF3N4OS. The van der Waals surface area contributed by atoms with E-state index in [1.807, 2.05) is 42.3 Å². The van der Waals surface area contributed by atoms with Gasteiger partial charge >= 0.3 is 6.18 Å². The van der Waals surface area contributed by atoms with Crippen molar-refractivity contribution in [2.24, 2.45) is 0 Å². The number of likely N-dealkylation sites (N-methyl/N-ethyl adjacent to an activating group) is 1. The molecule has 2 heterocycles. The maximum atomic E-state index is 13.0. The summed E-state index contributed by atoms with van der Waals surface area (Å²) in [7, 11) is 1.89. The van der Waals surface area contributed by atoms with Crippen LogP contribution in [-0.2, 0) is 12.7 Å². The van der Waals surface area contributed by atoms with Crippen molar-refractivity contribution < 1.29 is 18.3 Å². The minimum Gasteiger partial charge on any atom is -0.391 e. The molecule has 0 amide bonds. The molecule has 1 unspecified atom stereocenters. The molecule has 10 heteroatoms. The average Bonchev–Trinajstić information content (AvgIpc) is 3.03. The summed E-state index contributed by atoms with van der Waals surface area (Å²) in [5.41, 5.74) is 0.394. The summed E-state index contributed by atoms with van der Waals surface area (Å²) in [5.74, 6) is 0.258. The molecule has 0 radical (unpaired) electrons. The van der Waals surface area contributed by atoms with Crippen LogP contribution in [0.4, 0.5) is 13.2 Å². The summed E-state index contributed by atoms with van der Waals surface area (Å²) in [5, 5.41) is 18.1. The van der Waals surface area contributed by atoms with E-state index in [-0.39, 0.29) is 21.6 Å². The van der Waals surface area contributed by atoms with E-state index >= 15 is 0 Å². The van der Waals surface area contributed by atoms with E-state index in [2.05, 4.69) is 10.2 Å². The Morgan fingerprint density at radius 1 is 1.25 bits per heavy atom. The normalized spacial score (nSPS) is 13.4. The van der Waals surface area contributed by atoms with E-state index < -0.39 is 17.8 Å². The van der Waals surface area contributed by atoms with Crippen LogP contribution in [0.15, 0.2) is 47.8 Å².